The number of esters is 1. The van der Waals surface area contributed by atoms with Gasteiger partial charge in [-0.25, -0.2) is 18.4 Å². The predicted molar refractivity (Wildman–Crippen MR) is 85.3 cm³/mol. The van der Waals surface area contributed by atoms with Gasteiger partial charge in [-0.05, 0) is 31.2 Å². The number of amides is 1. The molecule has 0 heterocycles. The minimum Gasteiger partial charge on any atom is -0.463 e. The molecule has 0 bridgehead atoms. The van der Waals surface area contributed by atoms with Crippen molar-refractivity contribution in [2.75, 3.05) is 11.9 Å². The summed E-state index contributed by atoms with van der Waals surface area (Å²) in [6.45, 7) is 2.26. The zero-order valence-electron chi connectivity index (χ0n) is 13.9. The van der Waals surface area contributed by atoms with Crippen molar-refractivity contribution >= 4 is 27.6 Å². The molecule has 0 saturated heterocycles. The number of alkyl halides is 3. The predicted octanol–water partition coefficient (Wildman–Crippen LogP) is 1.09. The number of sulfonamides is 1. The lowest BCUT2D eigenvalue weighted by molar-refractivity contribution is -0.207. The molecule has 0 radical (unpaired) electrons. The number of anilines is 1. The Morgan fingerprint density at radius 1 is 1.15 bits per heavy atom. The van der Waals surface area contributed by atoms with Gasteiger partial charge in [0.1, 0.15) is 0 Å². The Morgan fingerprint density at radius 2 is 1.69 bits per heavy atom. The summed E-state index contributed by atoms with van der Waals surface area (Å²) in [6.07, 6.45) is -5.58. The summed E-state index contributed by atoms with van der Waals surface area (Å²) in [6, 6.07) is 3.84. The van der Waals surface area contributed by atoms with Crippen LogP contribution in [0.3, 0.4) is 0 Å². The normalized spacial score (nSPS) is 14.2. The van der Waals surface area contributed by atoms with Crippen LogP contribution in [0.4, 0.5) is 18.9 Å². The average Bonchev–Trinajstić information content (AvgIpc) is 2.52. The molecule has 26 heavy (non-hydrogen) atoms. The molecule has 0 aromatic heterocycles. The number of rotatable bonds is 7. The molecular formula is C14H18F3N3O5S. The Labute approximate surface area is 147 Å². The molecular weight excluding hydrogens is 379 g/mol. The van der Waals surface area contributed by atoms with Gasteiger partial charge >= 0.3 is 17.8 Å². The number of nitrogens with one attached hydrogen (secondary N) is 2. The molecule has 1 aromatic rings. The van der Waals surface area contributed by atoms with Crippen LogP contribution in [0, 0.1) is 0 Å². The smallest absolute Gasteiger partial charge is 0.441 e. The highest BCUT2D eigenvalue weighted by Gasteiger charge is 2.63. The molecule has 1 amide bonds. The fourth-order valence-electron chi connectivity index (χ4n) is 1.87. The fraction of sp³-hybridized carbons (Fsp3) is 0.429. The van der Waals surface area contributed by atoms with Gasteiger partial charge in [0.15, 0.2) is 0 Å². The Hall–Kier alpha value is -2.34. The van der Waals surface area contributed by atoms with Crippen LogP contribution in [-0.4, -0.2) is 38.7 Å². The van der Waals surface area contributed by atoms with Crippen LogP contribution in [-0.2, 0) is 24.3 Å². The summed E-state index contributed by atoms with van der Waals surface area (Å²) in [5.74, 6) is -2.81. The van der Waals surface area contributed by atoms with Crippen LogP contribution in [0.5, 0.6) is 0 Å². The van der Waals surface area contributed by atoms with Gasteiger partial charge < -0.3 is 15.4 Å². The Balaban J connectivity index is 3.39. The van der Waals surface area contributed by atoms with Crippen LogP contribution in [0.2, 0.25) is 0 Å². The molecule has 0 aliphatic rings. The monoisotopic (exact) mass is 397 g/mol. The number of benzene rings is 1. The van der Waals surface area contributed by atoms with Crippen LogP contribution in [0.25, 0.3) is 0 Å². The van der Waals surface area contributed by atoms with E-state index in [9.17, 15) is 31.2 Å². The first-order valence-corrected chi connectivity index (χ1v) is 8.88. The highest BCUT2D eigenvalue weighted by Crippen LogP contribution is 2.33. The van der Waals surface area contributed by atoms with E-state index >= 15 is 0 Å². The molecule has 1 rings (SSSR count). The van der Waals surface area contributed by atoms with Crippen molar-refractivity contribution in [2.24, 2.45) is 5.14 Å². The molecule has 8 nitrogen and oxygen atoms in total. The maximum absolute atomic E-state index is 13.7. The molecule has 0 spiro atoms. The average molecular weight is 397 g/mol. The van der Waals surface area contributed by atoms with Crippen molar-refractivity contribution in [1.82, 2.24) is 5.32 Å². The molecule has 4 N–H and O–H groups in total. The van der Waals surface area contributed by atoms with Gasteiger partial charge in [-0.15, -0.1) is 0 Å². The van der Waals surface area contributed by atoms with E-state index in [0.717, 1.165) is 24.3 Å². The van der Waals surface area contributed by atoms with Crippen molar-refractivity contribution in [3.05, 3.63) is 24.3 Å². The third kappa shape index (κ3) is 4.85. The third-order valence-corrected chi connectivity index (χ3v) is 4.10. The second-order valence-corrected chi connectivity index (χ2v) is 6.63. The van der Waals surface area contributed by atoms with Crippen molar-refractivity contribution in [3.63, 3.8) is 0 Å². The molecule has 1 aromatic carbocycles. The molecule has 0 saturated carbocycles. The first-order valence-electron chi connectivity index (χ1n) is 7.33. The quantitative estimate of drug-likeness (QED) is 0.467. The van der Waals surface area contributed by atoms with E-state index in [4.69, 9.17) is 5.14 Å². The maximum Gasteiger partial charge on any atom is 0.441 e. The van der Waals surface area contributed by atoms with E-state index in [0.29, 0.717) is 0 Å². The Kier molecular flexibility index (Phi) is 6.60. The first-order chi connectivity index (χ1) is 11.9. The molecule has 146 valence electrons. The standard InChI is InChI=1S/C14H18F3N3O5S/c1-3-11(21)20-13(14(15,16)17,12(22)25-4-2)19-9-5-7-10(8-6-9)26(18,23)24/h5-8,19H,3-4H2,1-2H3,(H,20,21)(H2,18,23,24)/t13-/m0/s1. The Bertz CT molecular complexity index is 765. The van der Waals surface area contributed by atoms with Gasteiger partial charge in [-0.1, -0.05) is 6.92 Å². The summed E-state index contributed by atoms with van der Waals surface area (Å²) in [4.78, 5) is 23.3. The summed E-state index contributed by atoms with van der Waals surface area (Å²) >= 11 is 0. The van der Waals surface area contributed by atoms with Crippen LogP contribution in [0.15, 0.2) is 29.2 Å². The number of carbonyl (C=O) groups is 2. The summed E-state index contributed by atoms with van der Waals surface area (Å²) < 4.78 is 68.0. The van der Waals surface area contributed by atoms with Crippen molar-refractivity contribution in [3.8, 4) is 0 Å². The van der Waals surface area contributed by atoms with E-state index in [1.165, 1.54) is 13.8 Å². The van der Waals surface area contributed by atoms with Gasteiger partial charge in [0.25, 0.3) is 0 Å². The fourth-order valence-corrected chi connectivity index (χ4v) is 2.39. The van der Waals surface area contributed by atoms with E-state index in [-0.39, 0.29) is 23.6 Å². The SMILES string of the molecule is CCOC(=O)[C@@](NC(=O)CC)(Nc1ccc(S(N)(=O)=O)cc1)C(F)(F)F. The number of ether oxygens (including phenoxy) is 1. The van der Waals surface area contributed by atoms with Crippen LogP contribution in [0.1, 0.15) is 20.3 Å². The zero-order valence-corrected chi connectivity index (χ0v) is 14.7. The topological polar surface area (TPSA) is 128 Å². The number of carbonyl (C=O) groups excluding carboxylic acids is 2. The van der Waals surface area contributed by atoms with Gasteiger partial charge in [-0.3, -0.25) is 4.79 Å². The minimum atomic E-state index is -5.26. The summed E-state index contributed by atoms with van der Waals surface area (Å²) in [5, 5.41) is 8.42. The molecule has 0 aliphatic carbocycles. The molecule has 0 fully saturated rings. The molecule has 0 unspecified atom stereocenters. The maximum atomic E-state index is 13.7. The van der Waals surface area contributed by atoms with Crippen LogP contribution >= 0.6 is 0 Å². The third-order valence-electron chi connectivity index (χ3n) is 3.17. The van der Waals surface area contributed by atoms with Crippen molar-refractivity contribution < 1.29 is 35.9 Å². The van der Waals surface area contributed by atoms with Crippen molar-refractivity contribution in [2.45, 2.75) is 37.0 Å². The Morgan fingerprint density at radius 3 is 2.08 bits per heavy atom. The molecule has 0 aliphatic heterocycles. The highest BCUT2D eigenvalue weighted by molar-refractivity contribution is 7.89. The zero-order chi connectivity index (χ0) is 20.2. The number of hydrogen-bond donors (Lipinski definition) is 3. The highest BCUT2D eigenvalue weighted by atomic mass is 32.2. The van der Waals surface area contributed by atoms with Gasteiger partial charge in [0.2, 0.25) is 15.9 Å². The van der Waals surface area contributed by atoms with Gasteiger partial charge in [-0.2, -0.15) is 13.2 Å². The number of primary sulfonamides is 1. The lowest BCUT2D eigenvalue weighted by Crippen LogP contribution is -2.69. The van der Waals surface area contributed by atoms with E-state index in [2.05, 4.69) is 4.74 Å². The largest absolute Gasteiger partial charge is 0.463 e. The van der Waals surface area contributed by atoms with Crippen molar-refractivity contribution in [1.29, 1.82) is 0 Å². The number of halogens is 3. The van der Waals surface area contributed by atoms with E-state index < -0.39 is 33.7 Å². The number of nitrogens with two attached hydrogens (primary N) is 1. The van der Waals surface area contributed by atoms with Gasteiger partial charge in [0.05, 0.1) is 11.5 Å². The van der Waals surface area contributed by atoms with Crippen LogP contribution < -0.4 is 15.8 Å². The lowest BCUT2D eigenvalue weighted by atomic mass is 10.1. The second kappa shape index (κ2) is 7.91. The lowest BCUT2D eigenvalue weighted by Gasteiger charge is -2.35. The molecule has 12 heteroatoms. The molecule has 1 atom stereocenters. The van der Waals surface area contributed by atoms with E-state index in [1.54, 1.807) is 5.32 Å². The number of hydrogen-bond acceptors (Lipinski definition) is 6. The summed E-state index contributed by atoms with van der Waals surface area (Å²) in [5.41, 5.74) is -3.83. The first kappa shape index (κ1) is 21.7. The summed E-state index contributed by atoms with van der Waals surface area (Å²) in [7, 11) is -4.05. The van der Waals surface area contributed by atoms with E-state index in [1.807, 2.05) is 5.32 Å². The van der Waals surface area contributed by atoms with Gasteiger partial charge in [0, 0.05) is 12.1 Å². The second-order valence-electron chi connectivity index (χ2n) is 5.06. The minimum absolute atomic E-state index is 0.292.